The number of hydrogen-bond acceptors (Lipinski definition) is 3. The molecule has 1 N–H and O–H groups in total. The summed E-state index contributed by atoms with van der Waals surface area (Å²) in [6.07, 6.45) is 0. The van der Waals surface area contributed by atoms with E-state index in [1.165, 1.54) is 0 Å². The molecule has 0 bridgehead atoms. The molecule has 0 aliphatic carbocycles. The molecular weight excluding hydrogens is 452 g/mol. The Kier molecular flexibility index (Phi) is 7.79. The van der Waals surface area contributed by atoms with E-state index in [0.717, 1.165) is 16.8 Å². The maximum absolute atomic E-state index is 6.22. The van der Waals surface area contributed by atoms with Gasteiger partial charge in [-0.05, 0) is 55.0 Å². The molecule has 0 unspecified atom stereocenters. The lowest BCUT2D eigenvalue weighted by Crippen LogP contribution is -2.03. The third kappa shape index (κ3) is 6.10. The number of nitrogens with one attached hydrogen (secondary N) is 1. The summed E-state index contributed by atoms with van der Waals surface area (Å²) in [6.45, 7) is 3.34. The van der Waals surface area contributed by atoms with E-state index in [4.69, 9.17) is 55.9 Å². The Morgan fingerprint density at radius 1 is 0.759 bits per heavy atom. The standard InChI is InChI=1S/C22H19Cl4NO2/c1-2-28-22-9-14(12-27-20-7-6-17(24)11-19(20)26)3-8-21(22)29-13-15-4-5-16(23)10-18(15)25/h3-11,27H,2,12-13H2,1H3. The molecular formula is C22H19Cl4NO2. The van der Waals surface area contributed by atoms with Crippen molar-refractivity contribution in [2.75, 3.05) is 11.9 Å². The van der Waals surface area contributed by atoms with Crippen LogP contribution in [0.4, 0.5) is 5.69 Å². The Morgan fingerprint density at radius 2 is 1.48 bits per heavy atom. The van der Waals surface area contributed by atoms with Crippen LogP contribution in [0.25, 0.3) is 0 Å². The number of hydrogen-bond donors (Lipinski definition) is 1. The van der Waals surface area contributed by atoms with E-state index in [9.17, 15) is 0 Å². The molecule has 0 atom stereocenters. The molecule has 0 aromatic heterocycles. The number of ether oxygens (including phenoxy) is 2. The van der Waals surface area contributed by atoms with Crippen molar-refractivity contribution in [2.24, 2.45) is 0 Å². The molecule has 3 rings (SSSR count). The molecule has 29 heavy (non-hydrogen) atoms. The largest absolute Gasteiger partial charge is 0.490 e. The fourth-order valence-corrected chi connectivity index (χ4v) is 3.61. The Hall–Kier alpha value is -1.78. The first-order chi connectivity index (χ1) is 14.0. The van der Waals surface area contributed by atoms with E-state index in [0.29, 0.717) is 51.3 Å². The average molecular weight is 471 g/mol. The summed E-state index contributed by atoms with van der Waals surface area (Å²) in [5.74, 6) is 1.31. The van der Waals surface area contributed by atoms with Crippen LogP contribution in [0.15, 0.2) is 54.6 Å². The highest BCUT2D eigenvalue weighted by atomic mass is 35.5. The Bertz CT molecular complexity index is 995. The van der Waals surface area contributed by atoms with Gasteiger partial charge in [-0.25, -0.2) is 0 Å². The van der Waals surface area contributed by atoms with Crippen molar-refractivity contribution in [3.63, 3.8) is 0 Å². The monoisotopic (exact) mass is 469 g/mol. The van der Waals surface area contributed by atoms with Gasteiger partial charge in [0.25, 0.3) is 0 Å². The van der Waals surface area contributed by atoms with Gasteiger partial charge in [0.15, 0.2) is 11.5 Å². The van der Waals surface area contributed by atoms with Gasteiger partial charge in [0, 0.05) is 27.2 Å². The fraction of sp³-hybridized carbons (Fsp3) is 0.182. The molecule has 7 heteroatoms. The fourth-order valence-electron chi connectivity index (χ4n) is 2.67. The van der Waals surface area contributed by atoms with Crippen molar-refractivity contribution in [3.05, 3.63) is 85.8 Å². The lowest BCUT2D eigenvalue weighted by Gasteiger charge is -2.15. The van der Waals surface area contributed by atoms with Crippen LogP contribution in [0.5, 0.6) is 11.5 Å². The maximum atomic E-state index is 6.22. The van der Waals surface area contributed by atoms with Gasteiger partial charge in [0.2, 0.25) is 0 Å². The topological polar surface area (TPSA) is 30.5 Å². The summed E-state index contributed by atoms with van der Waals surface area (Å²) in [5.41, 5.74) is 2.68. The van der Waals surface area contributed by atoms with E-state index in [1.54, 1.807) is 24.3 Å². The number of halogens is 4. The minimum absolute atomic E-state index is 0.314. The quantitative estimate of drug-likeness (QED) is 0.363. The van der Waals surface area contributed by atoms with E-state index in [-0.39, 0.29) is 0 Å². The minimum Gasteiger partial charge on any atom is -0.490 e. The number of rotatable bonds is 8. The van der Waals surface area contributed by atoms with Gasteiger partial charge < -0.3 is 14.8 Å². The molecule has 3 aromatic carbocycles. The van der Waals surface area contributed by atoms with Crippen molar-refractivity contribution >= 4 is 52.1 Å². The van der Waals surface area contributed by atoms with Crippen LogP contribution in [0.2, 0.25) is 20.1 Å². The summed E-state index contributed by atoms with van der Waals surface area (Å²) in [6, 6.07) is 16.5. The van der Waals surface area contributed by atoms with Crippen molar-refractivity contribution < 1.29 is 9.47 Å². The van der Waals surface area contributed by atoms with E-state index < -0.39 is 0 Å². The van der Waals surface area contributed by atoms with Crippen molar-refractivity contribution in [1.82, 2.24) is 0 Å². The molecule has 0 fully saturated rings. The summed E-state index contributed by atoms with van der Waals surface area (Å²) in [7, 11) is 0. The highest BCUT2D eigenvalue weighted by Gasteiger charge is 2.09. The Morgan fingerprint density at radius 3 is 2.17 bits per heavy atom. The zero-order valence-corrected chi connectivity index (χ0v) is 18.7. The number of anilines is 1. The number of benzene rings is 3. The summed E-state index contributed by atoms with van der Waals surface area (Å²) in [5, 5.41) is 5.62. The summed E-state index contributed by atoms with van der Waals surface area (Å²) >= 11 is 24.3. The van der Waals surface area contributed by atoms with Gasteiger partial charge in [0.05, 0.1) is 17.3 Å². The van der Waals surface area contributed by atoms with Crippen LogP contribution in [0.1, 0.15) is 18.1 Å². The molecule has 3 nitrogen and oxygen atoms in total. The first-order valence-electron chi connectivity index (χ1n) is 8.97. The second-order valence-electron chi connectivity index (χ2n) is 6.22. The normalized spacial score (nSPS) is 10.7. The van der Waals surface area contributed by atoms with Gasteiger partial charge in [-0.15, -0.1) is 0 Å². The molecule has 0 amide bonds. The molecule has 0 heterocycles. The average Bonchev–Trinajstić information content (AvgIpc) is 2.68. The Balaban J connectivity index is 1.70. The first-order valence-corrected chi connectivity index (χ1v) is 10.5. The lowest BCUT2D eigenvalue weighted by atomic mass is 10.2. The van der Waals surface area contributed by atoms with Gasteiger partial charge in [-0.2, -0.15) is 0 Å². The van der Waals surface area contributed by atoms with E-state index in [2.05, 4.69) is 5.32 Å². The molecule has 0 saturated heterocycles. The van der Waals surface area contributed by atoms with Crippen molar-refractivity contribution in [2.45, 2.75) is 20.1 Å². The molecule has 3 aromatic rings. The van der Waals surface area contributed by atoms with Crippen LogP contribution in [0, 0.1) is 0 Å². The van der Waals surface area contributed by atoms with Crippen molar-refractivity contribution in [3.8, 4) is 11.5 Å². The predicted octanol–water partition coefficient (Wildman–Crippen LogP) is 7.89. The van der Waals surface area contributed by atoms with Crippen LogP contribution >= 0.6 is 46.4 Å². The van der Waals surface area contributed by atoms with Gasteiger partial charge in [0.1, 0.15) is 6.61 Å². The highest BCUT2D eigenvalue weighted by molar-refractivity contribution is 6.36. The van der Waals surface area contributed by atoms with Gasteiger partial charge in [-0.1, -0.05) is 58.5 Å². The summed E-state index contributed by atoms with van der Waals surface area (Å²) in [4.78, 5) is 0. The second-order valence-corrected chi connectivity index (χ2v) is 7.90. The zero-order valence-electron chi connectivity index (χ0n) is 15.6. The Labute approximate surface area is 190 Å². The van der Waals surface area contributed by atoms with Crippen LogP contribution in [-0.2, 0) is 13.2 Å². The maximum Gasteiger partial charge on any atom is 0.161 e. The zero-order chi connectivity index (χ0) is 20.8. The summed E-state index contributed by atoms with van der Waals surface area (Å²) < 4.78 is 11.7. The lowest BCUT2D eigenvalue weighted by molar-refractivity contribution is 0.269. The molecule has 0 radical (unpaired) electrons. The third-order valence-corrected chi connectivity index (χ3v) is 5.26. The predicted molar refractivity (Wildman–Crippen MR) is 122 cm³/mol. The van der Waals surface area contributed by atoms with E-state index >= 15 is 0 Å². The second kappa shape index (κ2) is 10.3. The SMILES string of the molecule is CCOc1cc(CNc2ccc(Cl)cc2Cl)ccc1OCc1ccc(Cl)cc1Cl. The van der Waals surface area contributed by atoms with Gasteiger partial charge >= 0.3 is 0 Å². The van der Waals surface area contributed by atoms with Crippen molar-refractivity contribution in [1.29, 1.82) is 0 Å². The van der Waals surface area contributed by atoms with Crippen LogP contribution in [-0.4, -0.2) is 6.61 Å². The molecule has 152 valence electrons. The molecule has 0 spiro atoms. The van der Waals surface area contributed by atoms with Crippen LogP contribution in [0.3, 0.4) is 0 Å². The minimum atomic E-state index is 0.314. The highest BCUT2D eigenvalue weighted by Crippen LogP contribution is 2.31. The smallest absolute Gasteiger partial charge is 0.161 e. The molecule has 0 aliphatic rings. The molecule has 0 saturated carbocycles. The molecule has 0 aliphatic heterocycles. The van der Waals surface area contributed by atoms with Gasteiger partial charge in [-0.3, -0.25) is 0 Å². The van der Waals surface area contributed by atoms with Crippen LogP contribution < -0.4 is 14.8 Å². The third-order valence-electron chi connectivity index (χ3n) is 4.12. The first kappa shape index (κ1) is 21.9. The van der Waals surface area contributed by atoms with E-state index in [1.807, 2.05) is 37.3 Å².